The highest BCUT2D eigenvalue weighted by atomic mass is 32.2. The van der Waals surface area contributed by atoms with Gasteiger partial charge >= 0.3 is 0 Å². The van der Waals surface area contributed by atoms with Gasteiger partial charge in [0.15, 0.2) is 0 Å². The first-order valence-electron chi connectivity index (χ1n) is 7.97. The van der Waals surface area contributed by atoms with Crippen LogP contribution in [0, 0.1) is 0 Å². The number of hydrogen-bond acceptors (Lipinski definition) is 6. The molecule has 1 fully saturated rings. The van der Waals surface area contributed by atoms with Gasteiger partial charge in [0.2, 0.25) is 15.9 Å². The van der Waals surface area contributed by atoms with E-state index in [0.717, 1.165) is 22.2 Å². The molecule has 8 nitrogen and oxygen atoms in total. The van der Waals surface area contributed by atoms with Gasteiger partial charge in [0.1, 0.15) is 6.54 Å². The Hall–Kier alpha value is -2.95. The van der Waals surface area contributed by atoms with Crippen molar-refractivity contribution in [2.75, 3.05) is 11.9 Å². The monoisotopic (exact) mass is 417 g/mol. The highest BCUT2D eigenvalue weighted by Gasteiger charge is 2.36. The van der Waals surface area contributed by atoms with Gasteiger partial charge in [-0.15, -0.1) is 0 Å². The second-order valence-electron chi connectivity index (χ2n) is 5.80. The van der Waals surface area contributed by atoms with E-state index in [9.17, 15) is 22.8 Å². The smallest absolute Gasteiger partial charge is 0.294 e. The third-order valence-electron chi connectivity index (χ3n) is 3.74. The molecule has 0 spiro atoms. The molecule has 0 aliphatic carbocycles. The number of nitrogens with one attached hydrogen (secondary N) is 1. The van der Waals surface area contributed by atoms with Crippen LogP contribution in [-0.4, -0.2) is 36.9 Å². The molecule has 10 heteroatoms. The van der Waals surface area contributed by atoms with E-state index >= 15 is 0 Å². The van der Waals surface area contributed by atoms with Crippen LogP contribution in [0.4, 0.5) is 10.5 Å². The topological polar surface area (TPSA) is 127 Å². The average Bonchev–Trinajstić information content (AvgIpc) is 2.90. The first-order valence-corrected chi connectivity index (χ1v) is 10.3. The summed E-state index contributed by atoms with van der Waals surface area (Å²) in [4.78, 5) is 37.7. The number of anilines is 1. The van der Waals surface area contributed by atoms with Crippen molar-refractivity contribution in [2.24, 2.45) is 5.14 Å². The number of hydrogen-bond donors (Lipinski definition) is 2. The lowest BCUT2D eigenvalue weighted by Gasteiger charge is -2.12. The Balaban J connectivity index is 1.66. The summed E-state index contributed by atoms with van der Waals surface area (Å²) in [6, 6.07) is 14.3. The number of sulfonamides is 1. The lowest BCUT2D eigenvalue weighted by molar-refractivity contribution is -0.127. The highest BCUT2D eigenvalue weighted by Crippen LogP contribution is 2.32. The minimum atomic E-state index is -3.83. The molecule has 1 aliphatic heterocycles. The maximum absolute atomic E-state index is 12.4. The molecule has 3 N–H and O–H groups in total. The van der Waals surface area contributed by atoms with Crippen LogP contribution in [0.15, 0.2) is 64.4 Å². The quantitative estimate of drug-likeness (QED) is 0.717. The third-order valence-corrected chi connectivity index (χ3v) is 5.58. The summed E-state index contributed by atoms with van der Waals surface area (Å²) in [6.07, 6.45) is 1.59. The zero-order valence-corrected chi connectivity index (χ0v) is 16.0. The van der Waals surface area contributed by atoms with Crippen molar-refractivity contribution >= 4 is 50.6 Å². The number of rotatable bonds is 5. The second-order valence-corrected chi connectivity index (χ2v) is 8.35. The SMILES string of the molecule is NS(=O)(=O)c1ccc(NC(=O)CN2C(=O)S/C(=C/c3ccccc3)C2=O)cc1. The largest absolute Gasteiger partial charge is 0.325 e. The Morgan fingerprint density at radius 2 is 1.71 bits per heavy atom. The van der Waals surface area contributed by atoms with Crippen molar-refractivity contribution in [3.63, 3.8) is 0 Å². The van der Waals surface area contributed by atoms with Crippen molar-refractivity contribution in [3.05, 3.63) is 65.1 Å². The molecule has 2 aromatic rings. The number of benzene rings is 2. The maximum atomic E-state index is 12.4. The van der Waals surface area contributed by atoms with Gasteiger partial charge in [-0.05, 0) is 47.7 Å². The van der Waals surface area contributed by atoms with Crippen molar-refractivity contribution in [2.45, 2.75) is 4.90 Å². The van der Waals surface area contributed by atoms with Crippen molar-refractivity contribution in [1.82, 2.24) is 4.90 Å². The molecule has 0 atom stereocenters. The van der Waals surface area contributed by atoms with E-state index in [1.165, 1.54) is 24.3 Å². The van der Waals surface area contributed by atoms with Gasteiger partial charge in [-0.3, -0.25) is 19.3 Å². The summed E-state index contributed by atoms with van der Waals surface area (Å²) in [7, 11) is -3.83. The molecule has 28 heavy (non-hydrogen) atoms. The summed E-state index contributed by atoms with van der Waals surface area (Å²) >= 11 is 0.768. The average molecular weight is 417 g/mol. The molecular formula is C18H15N3O5S2. The third kappa shape index (κ3) is 4.66. The zero-order chi connectivity index (χ0) is 20.3. The van der Waals surface area contributed by atoms with E-state index in [1.54, 1.807) is 18.2 Å². The van der Waals surface area contributed by atoms with Gasteiger partial charge in [0.25, 0.3) is 11.1 Å². The van der Waals surface area contributed by atoms with Crippen LogP contribution >= 0.6 is 11.8 Å². The van der Waals surface area contributed by atoms with Gasteiger partial charge in [-0.2, -0.15) is 0 Å². The van der Waals surface area contributed by atoms with Gasteiger partial charge in [-0.25, -0.2) is 13.6 Å². The van der Waals surface area contributed by atoms with Crippen molar-refractivity contribution < 1.29 is 22.8 Å². The Morgan fingerprint density at radius 3 is 2.32 bits per heavy atom. The highest BCUT2D eigenvalue weighted by molar-refractivity contribution is 8.18. The second kappa shape index (κ2) is 7.97. The molecule has 3 rings (SSSR count). The lowest BCUT2D eigenvalue weighted by Crippen LogP contribution is -2.36. The van der Waals surface area contributed by atoms with Crippen LogP contribution in [0.2, 0.25) is 0 Å². The van der Waals surface area contributed by atoms with Crippen LogP contribution in [-0.2, 0) is 19.6 Å². The predicted molar refractivity (Wildman–Crippen MR) is 106 cm³/mol. The van der Waals surface area contributed by atoms with E-state index in [0.29, 0.717) is 5.69 Å². The molecule has 1 heterocycles. The Kier molecular flexibility index (Phi) is 5.63. The summed E-state index contributed by atoms with van der Waals surface area (Å²) in [5.74, 6) is -1.13. The Labute approximate surface area is 165 Å². The van der Waals surface area contributed by atoms with Crippen molar-refractivity contribution in [3.8, 4) is 0 Å². The van der Waals surface area contributed by atoms with E-state index in [-0.39, 0.29) is 9.80 Å². The molecule has 0 saturated carbocycles. The molecule has 2 aromatic carbocycles. The number of amides is 3. The Morgan fingerprint density at radius 1 is 1.07 bits per heavy atom. The Bertz CT molecular complexity index is 1060. The standard InChI is InChI=1S/C18H15N3O5S2/c19-28(25,26)14-8-6-13(7-9-14)20-16(22)11-21-17(23)15(27-18(21)24)10-12-4-2-1-3-5-12/h1-10H,11H2,(H,20,22)(H2,19,25,26)/b15-10+. The number of nitrogens with zero attached hydrogens (tertiary/aromatic N) is 1. The van der Waals surface area contributed by atoms with E-state index in [2.05, 4.69) is 5.32 Å². The number of thioether (sulfide) groups is 1. The summed E-state index contributed by atoms with van der Waals surface area (Å²) in [5.41, 5.74) is 1.08. The molecule has 0 unspecified atom stereocenters. The fourth-order valence-corrected chi connectivity index (χ4v) is 3.76. The molecular weight excluding hydrogens is 402 g/mol. The van der Waals surface area contributed by atoms with Crippen molar-refractivity contribution in [1.29, 1.82) is 0 Å². The van der Waals surface area contributed by atoms with Crippen LogP contribution in [0.3, 0.4) is 0 Å². The maximum Gasteiger partial charge on any atom is 0.294 e. The number of carbonyl (C=O) groups excluding carboxylic acids is 3. The van der Waals surface area contributed by atoms with E-state index in [1.807, 2.05) is 18.2 Å². The number of carbonyl (C=O) groups is 3. The number of primary sulfonamides is 1. The molecule has 1 saturated heterocycles. The van der Waals surface area contributed by atoms with E-state index < -0.39 is 33.6 Å². The zero-order valence-electron chi connectivity index (χ0n) is 14.4. The minimum Gasteiger partial charge on any atom is -0.325 e. The molecule has 1 aliphatic rings. The molecule has 0 radical (unpaired) electrons. The normalized spacial score (nSPS) is 15.9. The van der Waals surface area contributed by atoms with Gasteiger partial charge in [0, 0.05) is 5.69 Å². The van der Waals surface area contributed by atoms with Crippen LogP contribution in [0.1, 0.15) is 5.56 Å². The first-order chi connectivity index (χ1) is 13.2. The summed E-state index contributed by atoms with van der Waals surface area (Å²) in [6.45, 7) is -0.451. The molecule has 3 amide bonds. The number of nitrogens with two attached hydrogens (primary N) is 1. The van der Waals surface area contributed by atoms with Gasteiger partial charge in [-0.1, -0.05) is 30.3 Å². The van der Waals surface area contributed by atoms with Gasteiger partial charge in [0.05, 0.1) is 9.80 Å². The fourth-order valence-electron chi connectivity index (χ4n) is 2.41. The van der Waals surface area contributed by atoms with E-state index in [4.69, 9.17) is 5.14 Å². The van der Waals surface area contributed by atoms with Gasteiger partial charge < -0.3 is 5.32 Å². The summed E-state index contributed by atoms with van der Waals surface area (Å²) < 4.78 is 22.5. The number of imide groups is 1. The van der Waals surface area contributed by atoms with Crippen LogP contribution < -0.4 is 10.5 Å². The van der Waals surface area contributed by atoms with Crippen LogP contribution in [0.25, 0.3) is 6.08 Å². The lowest BCUT2D eigenvalue weighted by atomic mass is 10.2. The predicted octanol–water partition coefficient (Wildman–Crippen LogP) is 2.01. The summed E-state index contributed by atoms with van der Waals surface area (Å²) in [5, 5.41) is 6.98. The fraction of sp³-hybridized carbons (Fsp3) is 0.0556. The minimum absolute atomic E-state index is 0.0949. The molecule has 144 valence electrons. The first kappa shape index (κ1) is 19.8. The molecule has 0 aromatic heterocycles. The molecule has 0 bridgehead atoms. The van der Waals surface area contributed by atoms with Crippen LogP contribution in [0.5, 0.6) is 0 Å².